The summed E-state index contributed by atoms with van der Waals surface area (Å²) in [7, 11) is 0. The maximum absolute atomic E-state index is 6.23. The minimum absolute atomic E-state index is 0.0632. The van der Waals surface area contributed by atoms with Crippen molar-refractivity contribution >= 4 is 6.89 Å². The van der Waals surface area contributed by atoms with Gasteiger partial charge in [0.1, 0.15) is 6.04 Å². The van der Waals surface area contributed by atoms with Crippen molar-refractivity contribution < 1.29 is 19.2 Å². The minimum Gasteiger partial charge on any atom is -0.484 e. The first kappa shape index (κ1) is 13.0. The Morgan fingerprint density at radius 2 is 1.38 bits per heavy atom. The van der Waals surface area contributed by atoms with E-state index in [1.807, 2.05) is 24.3 Å². The summed E-state index contributed by atoms with van der Waals surface area (Å²) in [5, 5.41) is 2.11. The highest BCUT2D eigenvalue weighted by Crippen LogP contribution is 2.36. The van der Waals surface area contributed by atoms with Crippen LogP contribution in [0.15, 0.2) is 60.7 Å². The van der Waals surface area contributed by atoms with Gasteiger partial charge in [-0.1, -0.05) is 60.7 Å². The fourth-order valence-corrected chi connectivity index (χ4v) is 3.24. The van der Waals surface area contributed by atoms with E-state index < -0.39 is 6.89 Å². The normalized spacial score (nSPS) is 27.2. The lowest BCUT2D eigenvalue weighted by Crippen LogP contribution is -2.99. The number of rotatable bonds is 2. The molecule has 2 fully saturated rings. The molecule has 4 nitrogen and oxygen atoms in total. The van der Waals surface area contributed by atoms with Crippen LogP contribution >= 0.6 is 0 Å². The van der Waals surface area contributed by atoms with Crippen LogP contribution < -0.4 is 5.23 Å². The molecule has 1 spiro atoms. The molecule has 0 amide bonds. The number of benzene rings is 2. The lowest BCUT2D eigenvalue weighted by molar-refractivity contribution is -0.594. The van der Waals surface area contributed by atoms with E-state index in [2.05, 4.69) is 41.6 Å². The molecular formula is C16H18BNO3. The van der Waals surface area contributed by atoms with Crippen LogP contribution in [0.2, 0.25) is 0 Å². The second-order valence-electron chi connectivity index (χ2n) is 5.53. The molecule has 0 radical (unpaired) electrons. The van der Waals surface area contributed by atoms with Crippen molar-refractivity contribution in [3.63, 3.8) is 0 Å². The lowest BCUT2D eigenvalue weighted by Gasteiger charge is -2.22. The number of quaternary nitrogens is 1. The van der Waals surface area contributed by atoms with Crippen LogP contribution in [0.3, 0.4) is 0 Å². The monoisotopic (exact) mass is 283 g/mol. The second-order valence-corrected chi connectivity index (χ2v) is 5.53. The molecule has 2 aliphatic heterocycles. The van der Waals surface area contributed by atoms with Crippen LogP contribution in [-0.4, -0.2) is 20.1 Å². The molecule has 21 heavy (non-hydrogen) atoms. The third kappa shape index (κ3) is 2.38. The fourth-order valence-electron chi connectivity index (χ4n) is 3.24. The van der Waals surface area contributed by atoms with Crippen LogP contribution in [0.1, 0.15) is 23.3 Å². The zero-order chi connectivity index (χ0) is 14.1. The first-order valence-electron chi connectivity index (χ1n) is 7.42. The van der Waals surface area contributed by atoms with Gasteiger partial charge in [-0.3, -0.25) is 0 Å². The number of hydrogen-bond donors (Lipinski definition) is 1. The van der Waals surface area contributed by atoms with E-state index >= 15 is 0 Å². The van der Waals surface area contributed by atoms with Gasteiger partial charge in [-0.05, 0) is 5.56 Å². The molecule has 0 bridgehead atoms. The Morgan fingerprint density at radius 3 is 2.00 bits per heavy atom. The molecule has 2 aliphatic rings. The molecule has 0 saturated carbocycles. The van der Waals surface area contributed by atoms with Gasteiger partial charge in [0.15, 0.2) is 0 Å². The molecule has 4 rings (SSSR count). The van der Waals surface area contributed by atoms with Crippen molar-refractivity contribution in [2.24, 2.45) is 0 Å². The minimum atomic E-state index is -1.71. The van der Waals surface area contributed by atoms with Crippen molar-refractivity contribution in [1.29, 1.82) is 0 Å². The summed E-state index contributed by atoms with van der Waals surface area (Å²) in [6.45, 7) is -0.512. The summed E-state index contributed by atoms with van der Waals surface area (Å²) < 4.78 is 17.8. The van der Waals surface area contributed by atoms with Gasteiger partial charge in [-0.15, -0.1) is 0 Å². The first-order chi connectivity index (χ1) is 10.4. The van der Waals surface area contributed by atoms with E-state index in [9.17, 15) is 0 Å². The van der Waals surface area contributed by atoms with Gasteiger partial charge in [0.2, 0.25) is 0 Å². The summed E-state index contributed by atoms with van der Waals surface area (Å²) in [5.74, 6) is 0. The standard InChI is InChI=1S/C16H18BNO3/c1-3-7-13(8-4-1)15-16(14-9-5-2-6-10-14)21-17(18-15)19-11-12-20-17/h1-10,15-16H,11-12,18H2/t15-,16+/m0/s1. The van der Waals surface area contributed by atoms with Gasteiger partial charge in [-0.2, -0.15) is 0 Å². The molecule has 2 heterocycles. The third-order valence-corrected chi connectivity index (χ3v) is 4.20. The Morgan fingerprint density at radius 1 is 0.810 bits per heavy atom. The van der Waals surface area contributed by atoms with Gasteiger partial charge in [0, 0.05) is 18.8 Å². The molecule has 5 heteroatoms. The number of nitrogens with two attached hydrogens (primary N) is 1. The van der Waals surface area contributed by atoms with Gasteiger partial charge in [0.25, 0.3) is 0 Å². The highest BCUT2D eigenvalue weighted by atomic mass is 16.8. The lowest BCUT2D eigenvalue weighted by atomic mass is 9.94. The van der Waals surface area contributed by atoms with E-state index in [0.29, 0.717) is 13.2 Å². The number of hydrogen-bond acceptors (Lipinski definition) is 3. The van der Waals surface area contributed by atoms with E-state index in [1.54, 1.807) is 0 Å². The average Bonchev–Trinajstić information content (AvgIpc) is 3.17. The SMILES string of the molecule is c1ccc([C@H]2O[B-]3([NH2+][C@H]2c2ccccc2)OCCO3)cc1. The summed E-state index contributed by atoms with van der Waals surface area (Å²) >= 11 is 0. The van der Waals surface area contributed by atoms with E-state index in [4.69, 9.17) is 14.0 Å². The highest BCUT2D eigenvalue weighted by molar-refractivity contribution is 6.51. The van der Waals surface area contributed by atoms with Crippen LogP contribution in [-0.2, 0) is 14.0 Å². The van der Waals surface area contributed by atoms with Crippen molar-refractivity contribution in [2.45, 2.75) is 12.1 Å². The molecule has 2 aromatic rings. The summed E-state index contributed by atoms with van der Waals surface area (Å²) in [6.07, 6.45) is -0.0632. The molecule has 0 unspecified atom stereocenters. The fraction of sp³-hybridized carbons (Fsp3) is 0.250. The topological polar surface area (TPSA) is 44.3 Å². The molecule has 108 valence electrons. The molecule has 2 aromatic carbocycles. The zero-order valence-corrected chi connectivity index (χ0v) is 11.7. The molecule has 0 aromatic heterocycles. The predicted molar refractivity (Wildman–Crippen MR) is 79.0 cm³/mol. The first-order valence-corrected chi connectivity index (χ1v) is 7.42. The second kappa shape index (κ2) is 5.28. The van der Waals surface area contributed by atoms with Gasteiger partial charge in [0.05, 0.1) is 6.10 Å². The van der Waals surface area contributed by atoms with Crippen molar-refractivity contribution in [3.8, 4) is 0 Å². The molecular weight excluding hydrogens is 265 g/mol. The van der Waals surface area contributed by atoms with Crippen molar-refractivity contribution in [2.75, 3.05) is 13.2 Å². The van der Waals surface area contributed by atoms with Gasteiger partial charge in [-0.25, -0.2) is 0 Å². The van der Waals surface area contributed by atoms with E-state index in [0.717, 1.165) is 5.56 Å². The van der Waals surface area contributed by atoms with Crippen LogP contribution in [0.25, 0.3) is 0 Å². The van der Waals surface area contributed by atoms with E-state index in [1.165, 1.54) is 5.56 Å². The van der Waals surface area contributed by atoms with Crippen molar-refractivity contribution in [1.82, 2.24) is 0 Å². The van der Waals surface area contributed by atoms with Gasteiger partial charge < -0.3 is 19.2 Å². The summed E-state index contributed by atoms with van der Waals surface area (Å²) in [4.78, 5) is 0. The Balaban J connectivity index is 1.71. The van der Waals surface area contributed by atoms with E-state index in [-0.39, 0.29) is 12.1 Å². The summed E-state index contributed by atoms with van der Waals surface area (Å²) in [5.41, 5.74) is 2.38. The largest absolute Gasteiger partial charge is 0.623 e. The molecule has 2 saturated heterocycles. The Hall–Kier alpha value is -1.66. The maximum atomic E-state index is 6.23. The smallest absolute Gasteiger partial charge is 0.484 e. The van der Waals surface area contributed by atoms with Crippen LogP contribution in [0.5, 0.6) is 0 Å². The zero-order valence-electron chi connectivity index (χ0n) is 11.7. The molecule has 2 N–H and O–H groups in total. The molecule has 0 aliphatic carbocycles. The quantitative estimate of drug-likeness (QED) is 0.850. The highest BCUT2D eigenvalue weighted by Gasteiger charge is 2.54. The predicted octanol–water partition coefficient (Wildman–Crippen LogP) is 1.54. The van der Waals surface area contributed by atoms with Gasteiger partial charge >= 0.3 is 6.89 Å². The maximum Gasteiger partial charge on any atom is 0.623 e. The molecule has 2 atom stereocenters. The van der Waals surface area contributed by atoms with Crippen LogP contribution in [0.4, 0.5) is 0 Å². The summed E-state index contributed by atoms with van der Waals surface area (Å²) in [6, 6.07) is 20.8. The Kier molecular flexibility index (Phi) is 3.28. The Labute approximate surface area is 124 Å². The van der Waals surface area contributed by atoms with Crippen LogP contribution in [0, 0.1) is 0 Å². The Bertz CT molecular complexity index is 552. The average molecular weight is 283 g/mol. The van der Waals surface area contributed by atoms with Crippen molar-refractivity contribution in [3.05, 3.63) is 71.8 Å². The third-order valence-electron chi connectivity index (χ3n) is 4.20.